The van der Waals surface area contributed by atoms with Crippen LogP contribution in [0.3, 0.4) is 0 Å². The predicted octanol–water partition coefficient (Wildman–Crippen LogP) is 3.47. The van der Waals surface area contributed by atoms with Gasteiger partial charge in [0.2, 0.25) is 0 Å². The lowest BCUT2D eigenvalue weighted by Crippen LogP contribution is -2.39. The van der Waals surface area contributed by atoms with Gasteiger partial charge in [-0.05, 0) is 48.1 Å². The van der Waals surface area contributed by atoms with Crippen molar-refractivity contribution in [2.24, 2.45) is 5.92 Å². The first-order valence-corrected chi connectivity index (χ1v) is 7.98. The Morgan fingerprint density at radius 2 is 2.32 bits per heavy atom. The molecule has 2 rings (SSSR count). The van der Waals surface area contributed by atoms with Gasteiger partial charge in [0.1, 0.15) is 6.10 Å². The minimum Gasteiger partial charge on any atom is -0.368 e. The molecule has 1 aromatic rings. The van der Waals surface area contributed by atoms with E-state index < -0.39 is 0 Å². The molecule has 0 radical (unpaired) electrons. The van der Waals surface area contributed by atoms with Crippen molar-refractivity contribution < 1.29 is 9.53 Å². The molecule has 1 amide bonds. The van der Waals surface area contributed by atoms with Gasteiger partial charge in [0.25, 0.3) is 5.91 Å². The summed E-state index contributed by atoms with van der Waals surface area (Å²) in [7, 11) is 0. The van der Waals surface area contributed by atoms with E-state index in [0.29, 0.717) is 12.5 Å². The smallest absolute Gasteiger partial charge is 0.251 e. The van der Waals surface area contributed by atoms with Gasteiger partial charge in [-0.3, -0.25) is 4.79 Å². The third-order valence-electron chi connectivity index (χ3n) is 3.49. The highest BCUT2D eigenvalue weighted by molar-refractivity contribution is 7.07. The molecule has 0 N–H and O–H groups in total. The highest BCUT2D eigenvalue weighted by atomic mass is 32.1. The molecule has 4 heteroatoms. The zero-order chi connectivity index (χ0) is 13.8. The van der Waals surface area contributed by atoms with Crippen molar-refractivity contribution in [2.45, 2.75) is 45.8 Å². The van der Waals surface area contributed by atoms with Gasteiger partial charge in [-0.25, -0.2) is 0 Å². The zero-order valence-electron chi connectivity index (χ0n) is 12.0. The number of ether oxygens (including phenoxy) is 1. The maximum absolute atomic E-state index is 12.5. The number of thiophene rings is 1. The first-order valence-electron chi connectivity index (χ1n) is 7.03. The van der Waals surface area contributed by atoms with Crippen LogP contribution >= 0.6 is 11.3 Å². The third-order valence-corrected chi connectivity index (χ3v) is 4.19. The first-order chi connectivity index (χ1) is 9.09. The summed E-state index contributed by atoms with van der Waals surface area (Å²) in [6.07, 6.45) is 1.82. The zero-order valence-corrected chi connectivity index (χ0v) is 12.8. The minimum absolute atomic E-state index is 0.134. The fourth-order valence-corrected chi connectivity index (χ4v) is 3.19. The monoisotopic (exact) mass is 281 g/mol. The van der Waals surface area contributed by atoms with Crippen LogP contribution in [-0.4, -0.2) is 30.1 Å². The van der Waals surface area contributed by atoms with Gasteiger partial charge in [-0.1, -0.05) is 13.8 Å². The highest BCUT2D eigenvalue weighted by Gasteiger charge is 2.32. The molecule has 2 atom stereocenters. The molecular weight excluding hydrogens is 258 g/mol. The van der Waals surface area contributed by atoms with E-state index in [1.54, 1.807) is 11.3 Å². The third kappa shape index (κ3) is 3.57. The van der Waals surface area contributed by atoms with E-state index in [9.17, 15) is 4.79 Å². The molecule has 1 saturated heterocycles. The Kier molecular flexibility index (Phi) is 4.99. The van der Waals surface area contributed by atoms with Gasteiger partial charge in [-0.15, -0.1) is 0 Å². The Morgan fingerprint density at radius 1 is 1.53 bits per heavy atom. The second-order valence-corrected chi connectivity index (χ2v) is 6.40. The average Bonchev–Trinajstić information content (AvgIpc) is 3.03. The summed E-state index contributed by atoms with van der Waals surface area (Å²) in [6.45, 7) is 7.56. The van der Waals surface area contributed by atoms with E-state index in [1.165, 1.54) is 5.56 Å². The second-order valence-electron chi connectivity index (χ2n) is 5.62. The van der Waals surface area contributed by atoms with Gasteiger partial charge in [-0.2, -0.15) is 11.3 Å². The van der Waals surface area contributed by atoms with Crippen LogP contribution in [0.5, 0.6) is 0 Å². The van der Waals surface area contributed by atoms with E-state index in [0.717, 1.165) is 19.4 Å². The number of carbonyl (C=O) groups excluding carboxylic acids is 1. The van der Waals surface area contributed by atoms with Crippen molar-refractivity contribution in [1.29, 1.82) is 0 Å². The molecule has 0 aromatic carbocycles. The second kappa shape index (κ2) is 6.53. The number of hydrogen-bond donors (Lipinski definition) is 0. The van der Waals surface area contributed by atoms with Crippen molar-refractivity contribution in [3.8, 4) is 0 Å². The van der Waals surface area contributed by atoms with Crippen LogP contribution in [0.25, 0.3) is 0 Å². The quantitative estimate of drug-likeness (QED) is 0.827. The van der Waals surface area contributed by atoms with Crippen LogP contribution in [-0.2, 0) is 9.53 Å². The molecule has 2 unspecified atom stereocenters. The molecule has 1 fully saturated rings. The predicted molar refractivity (Wildman–Crippen MR) is 78.3 cm³/mol. The Labute approximate surface area is 119 Å². The van der Waals surface area contributed by atoms with E-state index >= 15 is 0 Å². The lowest BCUT2D eigenvalue weighted by atomic mass is 10.1. The summed E-state index contributed by atoms with van der Waals surface area (Å²) in [6, 6.07) is 2.38. The van der Waals surface area contributed by atoms with Crippen LogP contribution in [0.1, 0.15) is 45.2 Å². The Hall–Kier alpha value is -0.870. The minimum atomic E-state index is -0.332. The van der Waals surface area contributed by atoms with Gasteiger partial charge >= 0.3 is 0 Å². The molecule has 19 heavy (non-hydrogen) atoms. The number of carbonyl (C=O) groups is 1. The maximum Gasteiger partial charge on any atom is 0.251 e. The molecule has 0 aliphatic carbocycles. The molecule has 2 heterocycles. The van der Waals surface area contributed by atoms with Crippen molar-refractivity contribution in [3.63, 3.8) is 0 Å². The van der Waals surface area contributed by atoms with E-state index in [1.807, 2.05) is 11.8 Å². The molecule has 0 bridgehead atoms. The topological polar surface area (TPSA) is 29.5 Å². The van der Waals surface area contributed by atoms with Crippen LogP contribution in [0, 0.1) is 5.92 Å². The van der Waals surface area contributed by atoms with Gasteiger partial charge in [0.15, 0.2) is 0 Å². The number of nitrogens with zero attached hydrogens (tertiary/aromatic N) is 1. The first kappa shape index (κ1) is 14.5. The largest absolute Gasteiger partial charge is 0.368 e. The number of likely N-dealkylation sites (tertiary alicyclic amines) is 1. The summed E-state index contributed by atoms with van der Waals surface area (Å²) < 4.78 is 5.65. The molecule has 0 saturated carbocycles. The van der Waals surface area contributed by atoms with E-state index in [2.05, 4.69) is 30.7 Å². The molecule has 1 aromatic heterocycles. The van der Waals surface area contributed by atoms with Crippen LogP contribution in [0.15, 0.2) is 16.8 Å². The van der Waals surface area contributed by atoms with Crippen LogP contribution < -0.4 is 0 Å². The number of hydrogen-bond acceptors (Lipinski definition) is 3. The molecule has 1 aliphatic rings. The van der Waals surface area contributed by atoms with Gasteiger partial charge < -0.3 is 9.64 Å². The SMILES string of the molecule is CC(C)COC(C)C(=O)N1CCCC1c1ccsc1. The number of rotatable bonds is 5. The Bertz CT molecular complexity index is 402. The van der Waals surface area contributed by atoms with Gasteiger partial charge in [0.05, 0.1) is 6.04 Å². The normalized spacial score (nSPS) is 21.1. The fourth-order valence-electron chi connectivity index (χ4n) is 2.48. The standard InChI is InChI=1S/C15H23NO2S/c1-11(2)9-18-12(3)15(17)16-7-4-5-14(16)13-6-8-19-10-13/h6,8,10-12,14H,4-5,7,9H2,1-3H3. The fraction of sp³-hybridized carbons (Fsp3) is 0.667. The summed E-state index contributed by atoms with van der Waals surface area (Å²) in [5.74, 6) is 0.593. The summed E-state index contributed by atoms with van der Waals surface area (Å²) in [5, 5.41) is 4.23. The maximum atomic E-state index is 12.5. The molecule has 3 nitrogen and oxygen atoms in total. The summed E-state index contributed by atoms with van der Waals surface area (Å²) in [4.78, 5) is 14.5. The Morgan fingerprint density at radius 3 is 2.95 bits per heavy atom. The van der Waals surface area contributed by atoms with Crippen molar-refractivity contribution in [2.75, 3.05) is 13.2 Å². The lowest BCUT2D eigenvalue weighted by Gasteiger charge is -2.27. The number of amides is 1. The van der Waals surface area contributed by atoms with E-state index in [4.69, 9.17) is 4.74 Å². The summed E-state index contributed by atoms with van der Waals surface area (Å²) in [5.41, 5.74) is 1.27. The molecular formula is C15H23NO2S. The van der Waals surface area contributed by atoms with Crippen LogP contribution in [0.4, 0.5) is 0 Å². The molecule has 1 aliphatic heterocycles. The van der Waals surface area contributed by atoms with Crippen LogP contribution in [0.2, 0.25) is 0 Å². The van der Waals surface area contributed by atoms with Gasteiger partial charge in [0, 0.05) is 13.2 Å². The highest BCUT2D eigenvalue weighted by Crippen LogP contribution is 2.33. The average molecular weight is 281 g/mol. The van der Waals surface area contributed by atoms with Crippen molar-refractivity contribution in [1.82, 2.24) is 4.90 Å². The molecule has 0 spiro atoms. The Balaban J connectivity index is 1.97. The lowest BCUT2D eigenvalue weighted by molar-refractivity contribution is -0.144. The summed E-state index contributed by atoms with van der Waals surface area (Å²) >= 11 is 1.69. The van der Waals surface area contributed by atoms with Crippen molar-refractivity contribution >= 4 is 17.2 Å². The molecule has 106 valence electrons. The van der Waals surface area contributed by atoms with E-state index in [-0.39, 0.29) is 18.1 Å². The van der Waals surface area contributed by atoms with Crippen molar-refractivity contribution in [3.05, 3.63) is 22.4 Å².